The average Bonchev–Trinajstić information content (AvgIpc) is 2.64. The largest absolute Gasteiger partial charge is 0.294 e. The molecule has 2 rings (SSSR count). The lowest BCUT2D eigenvalue weighted by Crippen LogP contribution is -2.41. The predicted molar refractivity (Wildman–Crippen MR) is 91.4 cm³/mol. The summed E-state index contributed by atoms with van der Waals surface area (Å²) in [6, 6.07) is 12.2. The molecule has 0 saturated carbocycles. The zero-order valence-electron chi connectivity index (χ0n) is 13.8. The smallest absolute Gasteiger partial charge is 0.269 e. The Morgan fingerprint density at radius 1 is 0.840 bits per heavy atom. The molecule has 0 aliphatic heterocycles. The first-order valence-corrected chi connectivity index (χ1v) is 7.96. The number of benzene rings is 2. The third-order valence-electron chi connectivity index (χ3n) is 3.69. The van der Waals surface area contributed by atoms with E-state index in [1.54, 1.807) is 12.1 Å². The molecule has 5 nitrogen and oxygen atoms in total. The monoisotopic (exact) mass is 342 g/mol. The first kappa shape index (κ1) is 18.3. The van der Waals surface area contributed by atoms with Crippen molar-refractivity contribution in [1.82, 2.24) is 10.9 Å². The van der Waals surface area contributed by atoms with E-state index in [0.717, 1.165) is 12.0 Å². The summed E-state index contributed by atoms with van der Waals surface area (Å²) < 4.78 is 12.8. The van der Waals surface area contributed by atoms with E-state index in [1.807, 2.05) is 19.1 Å². The van der Waals surface area contributed by atoms with E-state index in [2.05, 4.69) is 10.9 Å². The van der Waals surface area contributed by atoms with E-state index in [9.17, 15) is 18.8 Å². The van der Waals surface area contributed by atoms with Gasteiger partial charge in [-0.3, -0.25) is 25.2 Å². The van der Waals surface area contributed by atoms with Gasteiger partial charge in [0.15, 0.2) is 5.78 Å². The number of hydrogen-bond acceptors (Lipinski definition) is 3. The number of hydrogen-bond donors (Lipinski definition) is 2. The summed E-state index contributed by atoms with van der Waals surface area (Å²) in [7, 11) is 0. The van der Waals surface area contributed by atoms with Crippen LogP contribution in [-0.4, -0.2) is 17.6 Å². The van der Waals surface area contributed by atoms with Crippen LogP contribution in [0.25, 0.3) is 0 Å². The maximum absolute atomic E-state index is 12.8. The van der Waals surface area contributed by atoms with Crippen LogP contribution in [0.1, 0.15) is 46.0 Å². The summed E-state index contributed by atoms with van der Waals surface area (Å²) in [5.74, 6) is -1.60. The van der Waals surface area contributed by atoms with Crippen molar-refractivity contribution in [3.63, 3.8) is 0 Å². The van der Waals surface area contributed by atoms with Crippen molar-refractivity contribution >= 4 is 17.6 Å². The quantitative estimate of drug-likeness (QED) is 0.626. The van der Waals surface area contributed by atoms with Gasteiger partial charge in [-0.05, 0) is 48.4 Å². The molecule has 25 heavy (non-hydrogen) atoms. The normalized spacial score (nSPS) is 10.2. The molecule has 0 aromatic heterocycles. The van der Waals surface area contributed by atoms with Crippen molar-refractivity contribution in [3.05, 3.63) is 71.0 Å². The Hall–Kier alpha value is -3.02. The Morgan fingerprint density at radius 2 is 1.44 bits per heavy atom. The van der Waals surface area contributed by atoms with Crippen LogP contribution in [-0.2, 0) is 11.2 Å². The number of halogens is 1. The molecule has 0 spiro atoms. The van der Waals surface area contributed by atoms with Crippen molar-refractivity contribution in [2.45, 2.75) is 26.2 Å². The van der Waals surface area contributed by atoms with Gasteiger partial charge in [0, 0.05) is 24.0 Å². The molecule has 0 heterocycles. The van der Waals surface area contributed by atoms with Gasteiger partial charge in [-0.25, -0.2) is 4.39 Å². The lowest BCUT2D eigenvalue weighted by molar-refractivity contribution is -0.121. The molecule has 2 N–H and O–H groups in total. The van der Waals surface area contributed by atoms with E-state index in [4.69, 9.17) is 0 Å². The molecule has 0 aliphatic carbocycles. The fourth-order valence-electron chi connectivity index (χ4n) is 2.16. The fourth-order valence-corrected chi connectivity index (χ4v) is 2.16. The molecule has 6 heteroatoms. The number of aryl methyl sites for hydroxylation is 1. The maximum atomic E-state index is 12.8. The van der Waals surface area contributed by atoms with Gasteiger partial charge in [0.05, 0.1) is 0 Å². The van der Waals surface area contributed by atoms with Crippen LogP contribution in [0, 0.1) is 5.82 Å². The SMILES string of the molecule is CCc1ccc(C(=O)NNC(=O)CCC(=O)c2ccc(F)cc2)cc1. The number of carbonyl (C=O) groups is 3. The number of Topliss-reactive ketones (excluding diaryl/α,β-unsaturated/α-hetero) is 1. The molecule has 0 radical (unpaired) electrons. The van der Waals surface area contributed by atoms with Gasteiger partial charge in [-0.2, -0.15) is 0 Å². The maximum Gasteiger partial charge on any atom is 0.269 e. The number of amides is 2. The second-order valence-electron chi connectivity index (χ2n) is 5.48. The van der Waals surface area contributed by atoms with Crippen molar-refractivity contribution in [3.8, 4) is 0 Å². The Morgan fingerprint density at radius 3 is 2.04 bits per heavy atom. The summed E-state index contributed by atoms with van der Waals surface area (Å²) in [5, 5.41) is 0. The van der Waals surface area contributed by atoms with Crippen molar-refractivity contribution in [1.29, 1.82) is 0 Å². The molecule has 130 valence electrons. The number of rotatable bonds is 6. The molecule has 2 amide bonds. The van der Waals surface area contributed by atoms with Gasteiger partial charge in [0.2, 0.25) is 5.91 Å². The summed E-state index contributed by atoms with van der Waals surface area (Å²) in [5.41, 5.74) is 6.47. The molecule has 0 atom stereocenters. The second-order valence-corrected chi connectivity index (χ2v) is 5.48. The Labute approximate surface area is 145 Å². The molecule has 0 bridgehead atoms. The summed E-state index contributed by atoms with van der Waals surface area (Å²) >= 11 is 0. The topological polar surface area (TPSA) is 75.3 Å². The zero-order chi connectivity index (χ0) is 18.2. The van der Waals surface area contributed by atoms with Gasteiger partial charge >= 0.3 is 0 Å². The van der Waals surface area contributed by atoms with E-state index < -0.39 is 17.6 Å². The minimum absolute atomic E-state index is 0.0292. The lowest BCUT2D eigenvalue weighted by atomic mass is 10.1. The molecule has 0 saturated heterocycles. The number of nitrogens with one attached hydrogen (secondary N) is 2. The molecule has 2 aromatic carbocycles. The minimum atomic E-state index is -0.478. The highest BCUT2D eigenvalue weighted by atomic mass is 19.1. The van der Waals surface area contributed by atoms with Gasteiger partial charge in [-0.15, -0.1) is 0 Å². The number of hydrazine groups is 1. The molecular formula is C19H19FN2O3. The zero-order valence-corrected chi connectivity index (χ0v) is 13.8. The van der Waals surface area contributed by atoms with Gasteiger partial charge in [0.1, 0.15) is 5.82 Å². The van der Waals surface area contributed by atoms with Crippen LogP contribution in [0.4, 0.5) is 4.39 Å². The van der Waals surface area contributed by atoms with Crippen LogP contribution in [0.2, 0.25) is 0 Å². The minimum Gasteiger partial charge on any atom is -0.294 e. The van der Waals surface area contributed by atoms with Crippen LogP contribution in [0.5, 0.6) is 0 Å². The second kappa shape index (κ2) is 8.73. The predicted octanol–water partition coefficient (Wildman–Crippen LogP) is 2.81. The fraction of sp³-hybridized carbons (Fsp3) is 0.211. The average molecular weight is 342 g/mol. The third kappa shape index (κ3) is 5.53. The van der Waals surface area contributed by atoms with Crippen LogP contribution in [0.3, 0.4) is 0 Å². The van der Waals surface area contributed by atoms with E-state index in [-0.39, 0.29) is 18.6 Å². The van der Waals surface area contributed by atoms with Gasteiger partial charge in [0.25, 0.3) is 5.91 Å². The molecule has 2 aromatic rings. The summed E-state index contributed by atoms with van der Waals surface area (Å²) in [4.78, 5) is 35.5. The van der Waals surface area contributed by atoms with Crippen molar-refractivity contribution in [2.75, 3.05) is 0 Å². The third-order valence-corrected chi connectivity index (χ3v) is 3.69. The Kier molecular flexibility index (Phi) is 6.39. The summed E-state index contributed by atoms with van der Waals surface area (Å²) in [6.07, 6.45) is 0.768. The Balaban J connectivity index is 1.77. The highest BCUT2D eigenvalue weighted by molar-refractivity contribution is 5.98. The molecular weight excluding hydrogens is 323 g/mol. The lowest BCUT2D eigenvalue weighted by Gasteiger charge is -2.08. The molecule has 0 aliphatic rings. The Bertz CT molecular complexity index is 755. The number of carbonyl (C=O) groups excluding carboxylic acids is 3. The van der Waals surface area contributed by atoms with Crippen LogP contribution >= 0.6 is 0 Å². The highest BCUT2D eigenvalue weighted by Gasteiger charge is 2.11. The van der Waals surface area contributed by atoms with E-state index in [0.29, 0.717) is 11.1 Å². The van der Waals surface area contributed by atoms with Crippen molar-refractivity contribution in [2.24, 2.45) is 0 Å². The standard InChI is InChI=1S/C19H19FN2O3/c1-2-13-3-5-15(6-4-13)19(25)22-21-18(24)12-11-17(23)14-7-9-16(20)10-8-14/h3-10H,2,11-12H2,1H3,(H,21,24)(H,22,25). The van der Waals surface area contributed by atoms with Gasteiger partial charge in [-0.1, -0.05) is 19.1 Å². The first-order valence-electron chi connectivity index (χ1n) is 7.96. The summed E-state index contributed by atoms with van der Waals surface area (Å²) in [6.45, 7) is 2.02. The van der Waals surface area contributed by atoms with Gasteiger partial charge < -0.3 is 0 Å². The molecule has 0 fully saturated rings. The van der Waals surface area contributed by atoms with Crippen molar-refractivity contribution < 1.29 is 18.8 Å². The molecule has 0 unspecified atom stereocenters. The highest BCUT2D eigenvalue weighted by Crippen LogP contribution is 2.07. The first-order chi connectivity index (χ1) is 12.0. The van der Waals surface area contributed by atoms with Crippen LogP contribution < -0.4 is 10.9 Å². The number of ketones is 1. The van der Waals surface area contributed by atoms with E-state index in [1.165, 1.54) is 24.3 Å². The van der Waals surface area contributed by atoms with E-state index >= 15 is 0 Å². The van der Waals surface area contributed by atoms with Crippen LogP contribution in [0.15, 0.2) is 48.5 Å².